The molecule has 0 unspecified atom stereocenters. The molecule has 4 heteroatoms. The minimum Gasteiger partial charge on any atom is -0.478 e. The number of hydrogen-bond acceptors (Lipinski definition) is 2. The van der Waals surface area contributed by atoms with E-state index in [0.717, 1.165) is 6.08 Å². The molecule has 0 spiro atoms. The van der Waals surface area contributed by atoms with Gasteiger partial charge in [-0.2, -0.15) is 0 Å². The van der Waals surface area contributed by atoms with E-state index in [9.17, 15) is 4.79 Å². The lowest BCUT2D eigenvalue weighted by Crippen LogP contribution is -1.82. The summed E-state index contributed by atoms with van der Waals surface area (Å²) in [7, 11) is 0. The van der Waals surface area contributed by atoms with E-state index in [1.54, 1.807) is 0 Å². The Morgan fingerprint density at radius 1 is 1.25 bits per heavy atom. The monoisotopic (exact) mass is 178 g/mol. The zero-order valence-corrected chi connectivity index (χ0v) is 5.41. The van der Waals surface area contributed by atoms with Crippen molar-refractivity contribution in [2.45, 2.75) is 14.9 Å². The van der Waals surface area contributed by atoms with Crippen molar-refractivity contribution < 1.29 is 20.2 Å². The summed E-state index contributed by atoms with van der Waals surface area (Å²) in [4.78, 5) is 18.3. The fourth-order valence-corrected chi connectivity index (χ4v) is 0. The summed E-state index contributed by atoms with van der Waals surface area (Å²) in [6, 6.07) is 0. The van der Waals surface area contributed by atoms with Crippen molar-refractivity contribution >= 4 is 12.3 Å². The van der Waals surface area contributed by atoms with Crippen LogP contribution in [0.3, 0.4) is 0 Å². The van der Waals surface area contributed by atoms with Gasteiger partial charge in [0, 0.05) is 6.08 Å². The molecular formula is C8H18O4. The van der Waals surface area contributed by atoms with Gasteiger partial charge in [0.2, 0.25) is 0 Å². The number of aliphatic carboxylic acids is 1. The molecule has 0 aromatic carbocycles. The standard InChI is InChI=1S/C3H4O2.C3H4O.2CH4.H2O/c1-2-3(4)5;1-2-3-4;;;/h2H,1H2,(H,4,5);2-3H,1H2;2*1H4;1H2. The van der Waals surface area contributed by atoms with Crippen LogP contribution in [0.4, 0.5) is 0 Å². The third-order valence-electron chi connectivity index (χ3n) is 0.271. The molecule has 0 heterocycles. The maximum Gasteiger partial charge on any atom is 0.327 e. The minimum absolute atomic E-state index is 0. The van der Waals surface area contributed by atoms with Crippen molar-refractivity contribution in [1.82, 2.24) is 0 Å². The summed E-state index contributed by atoms with van der Waals surface area (Å²) in [6.07, 6.45) is 2.67. The van der Waals surface area contributed by atoms with E-state index in [1.165, 1.54) is 6.08 Å². The highest BCUT2D eigenvalue weighted by atomic mass is 16.4. The van der Waals surface area contributed by atoms with Crippen LogP contribution in [0.5, 0.6) is 0 Å². The lowest BCUT2D eigenvalue weighted by Gasteiger charge is -1.64. The van der Waals surface area contributed by atoms with E-state index in [1.807, 2.05) is 0 Å². The third-order valence-corrected chi connectivity index (χ3v) is 0.271. The molecule has 0 aromatic heterocycles. The molecule has 0 saturated carbocycles. The van der Waals surface area contributed by atoms with E-state index in [0.29, 0.717) is 6.29 Å². The second kappa shape index (κ2) is 33.6. The van der Waals surface area contributed by atoms with Gasteiger partial charge in [0.15, 0.2) is 0 Å². The third kappa shape index (κ3) is 197. The van der Waals surface area contributed by atoms with Crippen LogP contribution in [-0.4, -0.2) is 22.8 Å². The highest BCUT2D eigenvalue weighted by Gasteiger charge is 1.73. The topological polar surface area (TPSA) is 85.9 Å². The maximum absolute atomic E-state index is 9.25. The van der Waals surface area contributed by atoms with Gasteiger partial charge in [-0.3, -0.25) is 4.79 Å². The van der Waals surface area contributed by atoms with Crippen molar-refractivity contribution in [3.63, 3.8) is 0 Å². The summed E-state index contributed by atoms with van der Waals surface area (Å²) >= 11 is 0. The Kier molecular flexibility index (Phi) is 87.4. The number of carboxylic acid groups (broad SMARTS) is 1. The average Bonchev–Trinajstić information content (AvgIpc) is 1.89. The highest BCUT2D eigenvalue weighted by Crippen LogP contribution is 1.54. The van der Waals surface area contributed by atoms with Gasteiger partial charge in [-0.05, 0) is 6.08 Å². The van der Waals surface area contributed by atoms with E-state index < -0.39 is 5.97 Å². The van der Waals surface area contributed by atoms with E-state index in [4.69, 9.17) is 9.90 Å². The summed E-state index contributed by atoms with van der Waals surface area (Å²) in [5, 5.41) is 7.60. The number of carbonyl (C=O) groups is 2. The number of carbonyl (C=O) groups excluding carboxylic acids is 1. The summed E-state index contributed by atoms with van der Waals surface area (Å²) in [5.41, 5.74) is 0. The van der Waals surface area contributed by atoms with Crippen LogP contribution in [0.15, 0.2) is 25.3 Å². The Morgan fingerprint density at radius 2 is 1.42 bits per heavy atom. The Balaban J connectivity index is -0.0000000221. The molecule has 0 bridgehead atoms. The first-order valence-electron chi connectivity index (χ1n) is 2.10. The molecule has 0 aliphatic heterocycles. The zero-order chi connectivity index (χ0) is 7.70. The fourth-order valence-electron chi connectivity index (χ4n) is 0. The van der Waals surface area contributed by atoms with Crippen LogP contribution in [0.25, 0.3) is 0 Å². The maximum atomic E-state index is 9.25. The van der Waals surface area contributed by atoms with Crippen molar-refractivity contribution in [3.8, 4) is 0 Å². The summed E-state index contributed by atoms with van der Waals surface area (Å²) in [6.45, 7) is 6.07. The van der Waals surface area contributed by atoms with Gasteiger partial charge >= 0.3 is 5.97 Å². The second-order valence-corrected chi connectivity index (χ2v) is 0.914. The number of rotatable bonds is 2. The quantitative estimate of drug-likeness (QED) is 0.507. The van der Waals surface area contributed by atoms with Crippen molar-refractivity contribution in [2.75, 3.05) is 0 Å². The number of allylic oxidation sites excluding steroid dienone is 1. The lowest BCUT2D eigenvalue weighted by molar-refractivity contribution is -0.131. The van der Waals surface area contributed by atoms with Gasteiger partial charge in [0.1, 0.15) is 6.29 Å². The van der Waals surface area contributed by atoms with Gasteiger partial charge in [-0.1, -0.05) is 28.0 Å². The van der Waals surface area contributed by atoms with Crippen LogP contribution in [-0.2, 0) is 9.59 Å². The SMILES string of the molecule is C.C.C=CC(=O)O.C=CC=O.O. The highest BCUT2D eigenvalue weighted by molar-refractivity contribution is 5.78. The summed E-state index contributed by atoms with van der Waals surface area (Å²) in [5.74, 6) is -0.981. The zero-order valence-electron chi connectivity index (χ0n) is 5.41. The summed E-state index contributed by atoms with van der Waals surface area (Å²) < 4.78 is 0. The van der Waals surface area contributed by atoms with Gasteiger partial charge in [-0.15, -0.1) is 0 Å². The van der Waals surface area contributed by atoms with Crippen LogP contribution < -0.4 is 0 Å². The van der Waals surface area contributed by atoms with Crippen molar-refractivity contribution in [1.29, 1.82) is 0 Å². The van der Waals surface area contributed by atoms with Gasteiger partial charge in [0.25, 0.3) is 0 Å². The number of carboxylic acids is 1. The van der Waals surface area contributed by atoms with Crippen LogP contribution >= 0.6 is 0 Å². The molecule has 4 nitrogen and oxygen atoms in total. The Hall–Kier alpha value is -1.42. The molecule has 0 aromatic rings. The van der Waals surface area contributed by atoms with E-state index in [-0.39, 0.29) is 20.3 Å². The molecule has 74 valence electrons. The lowest BCUT2D eigenvalue weighted by atomic mass is 10.7. The molecule has 0 radical (unpaired) electrons. The molecule has 3 N–H and O–H groups in total. The van der Waals surface area contributed by atoms with Crippen LogP contribution in [0.1, 0.15) is 14.9 Å². The van der Waals surface area contributed by atoms with Crippen molar-refractivity contribution in [3.05, 3.63) is 25.3 Å². The first-order chi connectivity index (χ1) is 4.18. The first kappa shape index (κ1) is 31.2. The Labute approximate surface area is 73.5 Å². The fraction of sp³-hybridized carbons (Fsp3) is 0.250. The van der Waals surface area contributed by atoms with E-state index >= 15 is 0 Å². The van der Waals surface area contributed by atoms with Crippen molar-refractivity contribution in [2.24, 2.45) is 0 Å². The molecule has 0 aliphatic carbocycles. The number of aldehydes is 1. The first-order valence-corrected chi connectivity index (χ1v) is 2.10. The van der Waals surface area contributed by atoms with Gasteiger partial charge in [0.05, 0.1) is 0 Å². The molecule has 0 amide bonds. The second-order valence-electron chi connectivity index (χ2n) is 0.914. The molecule has 0 saturated heterocycles. The largest absolute Gasteiger partial charge is 0.478 e. The Morgan fingerprint density at radius 3 is 1.42 bits per heavy atom. The van der Waals surface area contributed by atoms with Gasteiger partial charge in [-0.25, -0.2) is 4.79 Å². The average molecular weight is 178 g/mol. The molecular weight excluding hydrogens is 160 g/mol. The minimum atomic E-state index is -0.981. The number of hydrogen-bond donors (Lipinski definition) is 1. The molecule has 0 aliphatic rings. The predicted molar refractivity (Wildman–Crippen MR) is 51.2 cm³/mol. The molecule has 0 rings (SSSR count). The van der Waals surface area contributed by atoms with E-state index in [2.05, 4.69) is 13.2 Å². The van der Waals surface area contributed by atoms with Crippen LogP contribution in [0, 0.1) is 0 Å². The molecule has 0 atom stereocenters. The smallest absolute Gasteiger partial charge is 0.327 e. The molecule has 12 heavy (non-hydrogen) atoms. The predicted octanol–water partition coefficient (Wildman–Crippen LogP) is 1.08. The molecule has 0 fully saturated rings. The van der Waals surface area contributed by atoms with Crippen LogP contribution in [0.2, 0.25) is 0 Å². The normalized spacial score (nSPS) is 4.33. The van der Waals surface area contributed by atoms with Gasteiger partial charge < -0.3 is 10.6 Å². The Bertz CT molecular complexity index is 112.